The van der Waals surface area contributed by atoms with Gasteiger partial charge in [0.1, 0.15) is 5.82 Å². The molecule has 1 fully saturated rings. The van der Waals surface area contributed by atoms with Crippen molar-refractivity contribution in [3.8, 4) is 0 Å². The summed E-state index contributed by atoms with van der Waals surface area (Å²) in [4.78, 5) is 2.46. The fourth-order valence-corrected chi connectivity index (χ4v) is 2.99. The fraction of sp³-hybridized carbons (Fsp3) is 0.571. The van der Waals surface area contributed by atoms with E-state index in [1.165, 1.54) is 18.9 Å². The van der Waals surface area contributed by atoms with Gasteiger partial charge in [0.25, 0.3) is 0 Å². The molecule has 0 amide bonds. The lowest BCUT2D eigenvalue weighted by Crippen LogP contribution is -2.45. The molecular weight excluding hydrogens is 295 g/mol. The Bertz CT molecular complexity index is 391. The zero-order chi connectivity index (χ0) is 13.0. The van der Waals surface area contributed by atoms with Crippen molar-refractivity contribution in [1.82, 2.24) is 10.2 Å². The van der Waals surface area contributed by atoms with Crippen LogP contribution in [0.3, 0.4) is 0 Å². The van der Waals surface area contributed by atoms with Crippen LogP contribution in [-0.4, -0.2) is 30.6 Å². The number of halogens is 2. The van der Waals surface area contributed by atoms with Crippen LogP contribution in [0.2, 0.25) is 0 Å². The van der Waals surface area contributed by atoms with Crippen molar-refractivity contribution < 1.29 is 4.39 Å². The molecule has 0 radical (unpaired) electrons. The van der Waals surface area contributed by atoms with E-state index in [0.29, 0.717) is 6.04 Å². The third kappa shape index (κ3) is 3.53. The van der Waals surface area contributed by atoms with Gasteiger partial charge in [-0.3, -0.25) is 4.90 Å². The van der Waals surface area contributed by atoms with E-state index in [0.717, 1.165) is 36.2 Å². The molecule has 0 saturated carbocycles. The van der Waals surface area contributed by atoms with Crippen LogP contribution in [-0.2, 0) is 6.54 Å². The Kier molecular flexibility index (Phi) is 5.15. The Balaban J connectivity index is 2.04. The molecule has 1 aliphatic heterocycles. The number of piperidine rings is 1. The average Bonchev–Trinajstić information content (AvgIpc) is 2.39. The maximum Gasteiger partial charge on any atom is 0.124 e. The Labute approximate surface area is 117 Å². The van der Waals surface area contributed by atoms with Crippen LogP contribution in [0.5, 0.6) is 0 Å². The van der Waals surface area contributed by atoms with E-state index < -0.39 is 0 Å². The van der Waals surface area contributed by atoms with Gasteiger partial charge in [-0.1, -0.05) is 28.9 Å². The topological polar surface area (TPSA) is 15.3 Å². The third-order valence-corrected chi connectivity index (χ3v) is 4.32. The second-order valence-corrected chi connectivity index (χ2v) is 5.65. The number of hydrogen-bond donors (Lipinski definition) is 1. The quantitative estimate of drug-likeness (QED) is 0.918. The van der Waals surface area contributed by atoms with Crippen molar-refractivity contribution >= 4 is 15.9 Å². The summed E-state index contributed by atoms with van der Waals surface area (Å²) in [5.41, 5.74) is 1.16. The van der Waals surface area contributed by atoms with Gasteiger partial charge in [-0.15, -0.1) is 0 Å². The Morgan fingerprint density at radius 2 is 2.33 bits per heavy atom. The summed E-state index contributed by atoms with van der Waals surface area (Å²) in [5, 5.41) is 3.45. The normalized spacial score (nSPS) is 20.3. The van der Waals surface area contributed by atoms with Gasteiger partial charge in [0.15, 0.2) is 0 Å². The van der Waals surface area contributed by atoms with E-state index in [4.69, 9.17) is 0 Å². The number of hydrogen-bond acceptors (Lipinski definition) is 2. The standard InChI is InChI=1S/C14H20BrFN2/c1-2-18(13-4-3-7-17-9-13)10-11-5-6-12(16)8-14(11)15/h5-6,8,13,17H,2-4,7,9-10H2,1H3. The summed E-state index contributed by atoms with van der Waals surface area (Å²) < 4.78 is 13.9. The molecule has 1 saturated heterocycles. The van der Waals surface area contributed by atoms with Gasteiger partial charge in [-0.05, 0) is 43.6 Å². The first-order valence-electron chi connectivity index (χ1n) is 6.59. The maximum atomic E-state index is 13.1. The molecule has 0 spiro atoms. The van der Waals surface area contributed by atoms with E-state index >= 15 is 0 Å². The van der Waals surface area contributed by atoms with Crippen LogP contribution in [0.25, 0.3) is 0 Å². The molecular formula is C14H20BrFN2. The molecule has 2 rings (SSSR count). The summed E-state index contributed by atoms with van der Waals surface area (Å²) in [6.07, 6.45) is 2.49. The summed E-state index contributed by atoms with van der Waals surface area (Å²) >= 11 is 3.45. The molecule has 0 bridgehead atoms. The van der Waals surface area contributed by atoms with E-state index in [2.05, 4.69) is 33.1 Å². The zero-order valence-corrected chi connectivity index (χ0v) is 12.3. The number of likely N-dealkylation sites (N-methyl/N-ethyl adjacent to an activating group) is 1. The van der Waals surface area contributed by atoms with Crippen LogP contribution < -0.4 is 5.32 Å². The summed E-state index contributed by atoms with van der Waals surface area (Å²) in [5.74, 6) is -0.187. The van der Waals surface area contributed by atoms with Gasteiger partial charge in [-0.25, -0.2) is 4.39 Å². The van der Waals surface area contributed by atoms with Gasteiger partial charge < -0.3 is 5.32 Å². The molecule has 2 nitrogen and oxygen atoms in total. The predicted molar refractivity (Wildman–Crippen MR) is 76.1 cm³/mol. The highest BCUT2D eigenvalue weighted by atomic mass is 79.9. The van der Waals surface area contributed by atoms with E-state index in [-0.39, 0.29) is 5.82 Å². The molecule has 0 aromatic heterocycles. The van der Waals surface area contributed by atoms with Crippen LogP contribution >= 0.6 is 15.9 Å². The summed E-state index contributed by atoms with van der Waals surface area (Å²) in [6.45, 7) is 6.28. The van der Waals surface area contributed by atoms with Crippen molar-refractivity contribution in [2.75, 3.05) is 19.6 Å². The number of nitrogens with zero attached hydrogens (tertiary/aromatic N) is 1. The van der Waals surface area contributed by atoms with Crippen LogP contribution in [0.15, 0.2) is 22.7 Å². The molecule has 1 aliphatic rings. The molecule has 1 atom stereocenters. The van der Waals surface area contributed by atoms with Crippen molar-refractivity contribution in [2.24, 2.45) is 0 Å². The lowest BCUT2D eigenvalue weighted by atomic mass is 10.0. The fourth-order valence-electron chi connectivity index (χ4n) is 2.51. The number of nitrogens with one attached hydrogen (secondary N) is 1. The second kappa shape index (κ2) is 6.64. The van der Waals surface area contributed by atoms with Crippen molar-refractivity contribution in [3.05, 3.63) is 34.1 Å². The van der Waals surface area contributed by atoms with Crippen molar-refractivity contribution in [3.63, 3.8) is 0 Å². The Hall–Kier alpha value is -0.450. The number of rotatable bonds is 4. The minimum Gasteiger partial charge on any atom is -0.315 e. The molecule has 100 valence electrons. The zero-order valence-electron chi connectivity index (χ0n) is 10.8. The van der Waals surface area contributed by atoms with Gasteiger partial charge in [0.05, 0.1) is 0 Å². The Morgan fingerprint density at radius 3 is 2.94 bits per heavy atom. The third-order valence-electron chi connectivity index (χ3n) is 3.58. The maximum absolute atomic E-state index is 13.1. The predicted octanol–water partition coefficient (Wildman–Crippen LogP) is 3.16. The van der Waals surface area contributed by atoms with Gasteiger partial charge in [-0.2, -0.15) is 0 Å². The highest BCUT2D eigenvalue weighted by molar-refractivity contribution is 9.10. The Morgan fingerprint density at radius 1 is 1.50 bits per heavy atom. The lowest BCUT2D eigenvalue weighted by molar-refractivity contribution is 0.166. The smallest absolute Gasteiger partial charge is 0.124 e. The summed E-state index contributed by atoms with van der Waals surface area (Å²) in [7, 11) is 0. The first kappa shape index (κ1) is 14.0. The number of benzene rings is 1. The van der Waals surface area contributed by atoms with Crippen LogP contribution in [0.1, 0.15) is 25.3 Å². The molecule has 1 N–H and O–H groups in total. The highest BCUT2D eigenvalue weighted by Crippen LogP contribution is 2.21. The van der Waals surface area contributed by atoms with E-state index in [1.807, 2.05) is 6.07 Å². The SMILES string of the molecule is CCN(Cc1ccc(F)cc1Br)C1CCCNC1. The largest absolute Gasteiger partial charge is 0.315 e. The van der Waals surface area contributed by atoms with Crippen molar-refractivity contribution in [2.45, 2.75) is 32.4 Å². The second-order valence-electron chi connectivity index (χ2n) is 4.80. The lowest BCUT2D eigenvalue weighted by Gasteiger charge is -2.34. The van der Waals surface area contributed by atoms with Crippen LogP contribution in [0.4, 0.5) is 4.39 Å². The van der Waals surface area contributed by atoms with Crippen molar-refractivity contribution in [1.29, 1.82) is 0 Å². The molecule has 0 aliphatic carbocycles. The molecule has 18 heavy (non-hydrogen) atoms. The van der Waals surface area contributed by atoms with Gasteiger partial charge in [0, 0.05) is 23.6 Å². The summed E-state index contributed by atoms with van der Waals surface area (Å²) in [6, 6.07) is 5.55. The monoisotopic (exact) mass is 314 g/mol. The molecule has 1 aromatic rings. The van der Waals surface area contributed by atoms with E-state index in [1.54, 1.807) is 6.07 Å². The molecule has 1 aromatic carbocycles. The van der Waals surface area contributed by atoms with Gasteiger partial charge >= 0.3 is 0 Å². The molecule has 1 heterocycles. The first-order valence-corrected chi connectivity index (χ1v) is 7.38. The minimum absolute atomic E-state index is 0.187. The molecule has 1 unspecified atom stereocenters. The molecule has 4 heteroatoms. The van der Waals surface area contributed by atoms with Gasteiger partial charge in [0.2, 0.25) is 0 Å². The van der Waals surface area contributed by atoms with Crippen LogP contribution in [0, 0.1) is 5.82 Å². The average molecular weight is 315 g/mol. The highest BCUT2D eigenvalue weighted by Gasteiger charge is 2.20. The van der Waals surface area contributed by atoms with E-state index in [9.17, 15) is 4.39 Å². The first-order chi connectivity index (χ1) is 8.70. The minimum atomic E-state index is -0.187.